The van der Waals surface area contributed by atoms with Crippen LogP contribution in [-0.4, -0.2) is 35.1 Å². The van der Waals surface area contributed by atoms with E-state index >= 15 is 0 Å². The average molecular weight is 423 g/mol. The fourth-order valence-electron chi connectivity index (χ4n) is 3.67. The summed E-state index contributed by atoms with van der Waals surface area (Å²) in [5.41, 5.74) is 1.37. The molecule has 0 radical (unpaired) electrons. The molecule has 1 fully saturated rings. The van der Waals surface area contributed by atoms with Gasteiger partial charge in [0.2, 0.25) is 10.0 Å². The zero-order chi connectivity index (χ0) is 21.1. The summed E-state index contributed by atoms with van der Waals surface area (Å²) in [4.78, 5) is 21.9. The second-order valence-electron chi connectivity index (χ2n) is 7.12. The molecule has 0 saturated carbocycles. The van der Waals surface area contributed by atoms with Gasteiger partial charge in [0.15, 0.2) is 0 Å². The Morgan fingerprint density at radius 1 is 1.07 bits per heavy atom. The van der Waals surface area contributed by atoms with Crippen LogP contribution < -0.4 is 5.32 Å². The summed E-state index contributed by atoms with van der Waals surface area (Å²) in [6.45, 7) is 2.11. The van der Waals surface area contributed by atoms with Crippen molar-refractivity contribution in [1.82, 2.24) is 14.3 Å². The van der Waals surface area contributed by atoms with Crippen LogP contribution in [0.5, 0.6) is 0 Å². The zero-order valence-corrected chi connectivity index (χ0v) is 17.3. The van der Waals surface area contributed by atoms with Gasteiger partial charge in [0.05, 0.1) is 22.2 Å². The lowest BCUT2D eigenvalue weighted by molar-refractivity contribution is 0.102. The number of carbonyl (C=O) groups is 1. The van der Waals surface area contributed by atoms with Crippen LogP contribution in [0, 0.1) is 6.92 Å². The molecule has 1 N–H and O–H groups in total. The van der Waals surface area contributed by atoms with Crippen LogP contribution >= 0.6 is 0 Å². The highest BCUT2D eigenvalue weighted by atomic mass is 32.2. The maximum absolute atomic E-state index is 13.3. The molecule has 0 aliphatic carbocycles. The van der Waals surface area contributed by atoms with Gasteiger partial charge in [-0.25, -0.2) is 18.4 Å². The van der Waals surface area contributed by atoms with Gasteiger partial charge in [-0.2, -0.15) is 4.31 Å². The number of hydrogen-bond acceptors (Lipinski definition) is 5. The van der Waals surface area contributed by atoms with Gasteiger partial charge >= 0.3 is 0 Å². The van der Waals surface area contributed by atoms with Gasteiger partial charge in [0.25, 0.3) is 5.91 Å². The number of aromatic nitrogens is 2. The first kappa shape index (κ1) is 20.2. The molecular formula is C22H22N4O3S. The molecule has 0 bridgehead atoms. The van der Waals surface area contributed by atoms with Crippen LogP contribution in [-0.2, 0) is 10.0 Å². The van der Waals surface area contributed by atoms with Gasteiger partial charge in [-0.15, -0.1) is 0 Å². The summed E-state index contributed by atoms with van der Waals surface area (Å²) in [5.74, 6) is 0.130. The van der Waals surface area contributed by atoms with Gasteiger partial charge < -0.3 is 5.32 Å². The van der Waals surface area contributed by atoms with E-state index in [9.17, 15) is 13.2 Å². The molecule has 2 heterocycles. The number of benzene rings is 2. The Hall–Kier alpha value is -3.10. The largest absolute Gasteiger partial charge is 0.322 e. The minimum Gasteiger partial charge on any atom is -0.322 e. The van der Waals surface area contributed by atoms with Crippen molar-refractivity contribution in [3.05, 3.63) is 83.9 Å². The van der Waals surface area contributed by atoms with Crippen molar-refractivity contribution in [2.75, 3.05) is 11.9 Å². The number of hydrogen-bond donors (Lipinski definition) is 1. The SMILES string of the molecule is Cc1ncc(C(=O)Nc2ccccc2)c([C@@H]2CCCN2S(=O)(=O)c2ccccc2)n1. The Morgan fingerprint density at radius 3 is 2.43 bits per heavy atom. The lowest BCUT2D eigenvalue weighted by atomic mass is 10.1. The summed E-state index contributed by atoms with van der Waals surface area (Å²) < 4.78 is 28.0. The summed E-state index contributed by atoms with van der Waals surface area (Å²) in [6, 6.07) is 16.9. The number of anilines is 1. The third kappa shape index (κ3) is 3.96. The Morgan fingerprint density at radius 2 is 1.73 bits per heavy atom. The molecule has 1 amide bonds. The first-order chi connectivity index (χ1) is 14.5. The van der Waals surface area contributed by atoms with Crippen molar-refractivity contribution in [3.63, 3.8) is 0 Å². The van der Waals surface area contributed by atoms with E-state index in [2.05, 4.69) is 15.3 Å². The van der Waals surface area contributed by atoms with Crippen molar-refractivity contribution in [1.29, 1.82) is 0 Å². The topological polar surface area (TPSA) is 92.3 Å². The molecule has 4 rings (SSSR count). The fraction of sp³-hybridized carbons (Fsp3) is 0.227. The molecule has 30 heavy (non-hydrogen) atoms. The number of rotatable bonds is 5. The molecule has 0 spiro atoms. The van der Waals surface area contributed by atoms with Gasteiger partial charge in [0, 0.05) is 18.4 Å². The second kappa shape index (κ2) is 8.33. The molecule has 3 aromatic rings. The summed E-state index contributed by atoms with van der Waals surface area (Å²) in [6.07, 6.45) is 2.76. The predicted molar refractivity (Wildman–Crippen MR) is 113 cm³/mol. The lowest BCUT2D eigenvalue weighted by Crippen LogP contribution is -2.32. The molecule has 1 aliphatic heterocycles. The monoisotopic (exact) mass is 422 g/mol. The summed E-state index contributed by atoms with van der Waals surface area (Å²) >= 11 is 0. The Balaban J connectivity index is 1.71. The number of nitrogens with zero attached hydrogens (tertiary/aromatic N) is 3. The van der Waals surface area contributed by atoms with E-state index in [4.69, 9.17) is 0 Å². The molecule has 1 saturated heterocycles. The highest BCUT2D eigenvalue weighted by molar-refractivity contribution is 7.89. The van der Waals surface area contributed by atoms with Gasteiger partial charge in [-0.05, 0) is 44.0 Å². The molecule has 1 atom stereocenters. The maximum Gasteiger partial charge on any atom is 0.259 e. The molecule has 154 valence electrons. The second-order valence-corrected chi connectivity index (χ2v) is 9.01. The van der Waals surface area contributed by atoms with Crippen molar-refractivity contribution in [2.45, 2.75) is 30.7 Å². The van der Waals surface area contributed by atoms with E-state index in [1.54, 1.807) is 49.4 Å². The molecular weight excluding hydrogens is 400 g/mol. The fourth-order valence-corrected chi connectivity index (χ4v) is 5.35. The molecule has 1 aromatic heterocycles. The van der Waals surface area contributed by atoms with Crippen LogP contribution in [0.15, 0.2) is 71.8 Å². The minimum atomic E-state index is -3.71. The predicted octanol–water partition coefficient (Wildman–Crippen LogP) is 3.56. The van der Waals surface area contributed by atoms with Crippen molar-refractivity contribution in [2.24, 2.45) is 0 Å². The van der Waals surface area contributed by atoms with E-state index < -0.39 is 16.1 Å². The summed E-state index contributed by atoms with van der Waals surface area (Å²) in [5, 5.41) is 2.84. The van der Waals surface area contributed by atoms with Crippen LogP contribution in [0.1, 0.15) is 40.8 Å². The first-order valence-electron chi connectivity index (χ1n) is 9.73. The van der Waals surface area contributed by atoms with E-state index in [1.165, 1.54) is 10.5 Å². The number of nitrogens with one attached hydrogen (secondary N) is 1. The Kier molecular flexibility index (Phi) is 5.61. The van der Waals surface area contributed by atoms with E-state index in [0.29, 0.717) is 36.6 Å². The molecule has 8 heteroatoms. The number of amides is 1. The van der Waals surface area contributed by atoms with E-state index in [1.807, 2.05) is 18.2 Å². The Bertz CT molecular complexity index is 1150. The number of aryl methyl sites for hydroxylation is 1. The van der Waals surface area contributed by atoms with E-state index in [0.717, 1.165) is 0 Å². The smallest absolute Gasteiger partial charge is 0.259 e. The normalized spacial score (nSPS) is 17.0. The first-order valence-corrected chi connectivity index (χ1v) is 11.2. The van der Waals surface area contributed by atoms with E-state index in [-0.39, 0.29) is 16.4 Å². The van der Waals surface area contributed by atoms with Gasteiger partial charge in [0.1, 0.15) is 5.82 Å². The standard InChI is InChI=1S/C22H22N4O3S/c1-16-23-15-19(22(27)25-17-9-4-2-5-10-17)21(24-16)20-13-8-14-26(20)30(28,29)18-11-6-3-7-12-18/h2-7,9-12,15,20H,8,13-14H2,1H3,(H,25,27)/t20-/m0/s1. The highest BCUT2D eigenvalue weighted by Gasteiger charge is 2.39. The zero-order valence-electron chi connectivity index (χ0n) is 16.5. The maximum atomic E-state index is 13.3. The quantitative estimate of drug-likeness (QED) is 0.679. The molecule has 0 unspecified atom stereocenters. The lowest BCUT2D eigenvalue weighted by Gasteiger charge is -2.25. The number of para-hydroxylation sites is 1. The van der Waals surface area contributed by atoms with Crippen molar-refractivity contribution >= 4 is 21.6 Å². The molecule has 7 nitrogen and oxygen atoms in total. The van der Waals surface area contributed by atoms with Gasteiger partial charge in [-0.1, -0.05) is 36.4 Å². The minimum absolute atomic E-state index is 0.234. The van der Waals surface area contributed by atoms with Crippen LogP contribution in [0.4, 0.5) is 5.69 Å². The highest BCUT2D eigenvalue weighted by Crippen LogP contribution is 2.37. The molecule has 2 aromatic carbocycles. The summed E-state index contributed by atoms with van der Waals surface area (Å²) in [7, 11) is -3.71. The third-order valence-electron chi connectivity index (χ3n) is 5.08. The number of sulfonamides is 1. The van der Waals surface area contributed by atoms with Crippen LogP contribution in [0.3, 0.4) is 0 Å². The molecule has 1 aliphatic rings. The van der Waals surface area contributed by atoms with Crippen LogP contribution in [0.25, 0.3) is 0 Å². The number of carbonyl (C=O) groups excluding carboxylic acids is 1. The van der Waals surface area contributed by atoms with Crippen LogP contribution in [0.2, 0.25) is 0 Å². The van der Waals surface area contributed by atoms with Crippen molar-refractivity contribution < 1.29 is 13.2 Å². The Labute approximate surface area is 175 Å². The van der Waals surface area contributed by atoms with Crippen molar-refractivity contribution in [3.8, 4) is 0 Å². The average Bonchev–Trinajstić information content (AvgIpc) is 3.26. The third-order valence-corrected chi connectivity index (χ3v) is 7.01. The van der Waals surface area contributed by atoms with Gasteiger partial charge in [-0.3, -0.25) is 4.79 Å².